The van der Waals surface area contributed by atoms with E-state index in [0.29, 0.717) is 6.61 Å². The molecule has 0 saturated carbocycles. The van der Waals surface area contributed by atoms with Crippen LogP contribution in [0.4, 0.5) is 8.78 Å². The van der Waals surface area contributed by atoms with Crippen molar-refractivity contribution in [2.45, 2.75) is 26.7 Å². The van der Waals surface area contributed by atoms with Gasteiger partial charge in [0, 0.05) is 35.4 Å². The fraction of sp³-hybridized carbons (Fsp3) is 0.250. The summed E-state index contributed by atoms with van der Waals surface area (Å²) < 4.78 is 33.8. The molecule has 3 rings (SSSR count). The highest BCUT2D eigenvalue weighted by Gasteiger charge is 2.17. The fourth-order valence-corrected chi connectivity index (χ4v) is 2.40. The number of halogens is 2. The molecule has 0 atom stereocenters. The van der Waals surface area contributed by atoms with E-state index in [1.54, 1.807) is 18.6 Å². The maximum Gasteiger partial charge on any atom is 0.201 e. The van der Waals surface area contributed by atoms with Crippen molar-refractivity contribution in [1.29, 1.82) is 0 Å². The standard InChI is InChI=1S/C20H19F2N3O/c1-3-4-9-26-17-8-7-16(18(21)19(17)22)20-24-11-15(12-25-20)14-6-5-13(2)23-10-14/h5-8,10-12H,3-4,9H2,1-2H3. The molecule has 2 heterocycles. The van der Waals surface area contributed by atoms with E-state index < -0.39 is 11.6 Å². The molecule has 134 valence electrons. The van der Waals surface area contributed by atoms with Crippen molar-refractivity contribution in [2.24, 2.45) is 0 Å². The SMILES string of the molecule is CCCCOc1ccc(-c2ncc(-c3ccc(C)nc3)cn2)c(F)c1F. The highest BCUT2D eigenvalue weighted by molar-refractivity contribution is 5.63. The Morgan fingerprint density at radius 2 is 1.62 bits per heavy atom. The van der Waals surface area contributed by atoms with Crippen molar-refractivity contribution in [3.63, 3.8) is 0 Å². The minimum absolute atomic E-state index is 0.000998. The summed E-state index contributed by atoms with van der Waals surface area (Å²) >= 11 is 0. The van der Waals surface area contributed by atoms with Crippen LogP contribution in [-0.2, 0) is 0 Å². The Bertz CT molecular complexity index is 881. The van der Waals surface area contributed by atoms with Gasteiger partial charge >= 0.3 is 0 Å². The minimum Gasteiger partial charge on any atom is -0.490 e. The average Bonchev–Trinajstić information content (AvgIpc) is 2.66. The minimum atomic E-state index is -1.02. The molecule has 0 N–H and O–H groups in total. The lowest BCUT2D eigenvalue weighted by Crippen LogP contribution is -2.02. The van der Waals surface area contributed by atoms with Crippen LogP contribution in [0.2, 0.25) is 0 Å². The van der Waals surface area contributed by atoms with Crippen LogP contribution >= 0.6 is 0 Å². The molecule has 0 aliphatic rings. The number of aryl methyl sites for hydroxylation is 1. The van der Waals surface area contributed by atoms with Gasteiger partial charge in [0.2, 0.25) is 5.82 Å². The van der Waals surface area contributed by atoms with Crippen LogP contribution in [-0.4, -0.2) is 21.6 Å². The largest absolute Gasteiger partial charge is 0.490 e. The summed E-state index contributed by atoms with van der Waals surface area (Å²) in [6, 6.07) is 6.63. The maximum atomic E-state index is 14.4. The molecule has 0 radical (unpaired) electrons. The van der Waals surface area contributed by atoms with Gasteiger partial charge in [0.25, 0.3) is 0 Å². The van der Waals surface area contributed by atoms with Crippen molar-refractivity contribution >= 4 is 0 Å². The molecule has 0 saturated heterocycles. The number of benzene rings is 1. The van der Waals surface area contributed by atoms with E-state index >= 15 is 0 Å². The Labute approximate surface area is 150 Å². The normalized spacial score (nSPS) is 10.8. The van der Waals surface area contributed by atoms with E-state index in [4.69, 9.17) is 4.74 Å². The molecule has 0 unspecified atom stereocenters. The summed E-state index contributed by atoms with van der Waals surface area (Å²) in [5.41, 5.74) is 2.51. The third-order valence-corrected chi connectivity index (χ3v) is 3.94. The van der Waals surface area contributed by atoms with Crippen LogP contribution < -0.4 is 4.74 Å². The topological polar surface area (TPSA) is 47.9 Å². The number of nitrogens with zero attached hydrogens (tertiary/aromatic N) is 3. The summed E-state index contributed by atoms with van der Waals surface area (Å²) in [7, 11) is 0. The van der Waals surface area contributed by atoms with Crippen molar-refractivity contribution < 1.29 is 13.5 Å². The fourth-order valence-electron chi connectivity index (χ4n) is 2.40. The highest BCUT2D eigenvalue weighted by atomic mass is 19.2. The van der Waals surface area contributed by atoms with Gasteiger partial charge in [-0.1, -0.05) is 19.4 Å². The van der Waals surface area contributed by atoms with Crippen LogP contribution in [0.15, 0.2) is 42.9 Å². The van der Waals surface area contributed by atoms with E-state index in [1.165, 1.54) is 12.1 Å². The van der Waals surface area contributed by atoms with Gasteiger partial charge in [-0.2, -0.15) is 4.39 Å². The smallest absolute Gasteiger partial charge is 0.201 e. The Kier molecular flexibility index (Phi) is 5.51. The highest BCUT2D eigenvalue weighted by Crippen LogP contribution is 2.28. The molecule has 26 heavy (non-hydrogen) atoms. The molecule has 1 aromatic carbocycles. The lowest BCUT2D eigenvalue weighted by Gasteiger charge is -2.09. The van der Waals surface area contributed by atoms with Gasteiger partial charge < -0.3 is 4.74 Å². The summed E-state index contributed by atoms with van der Waals surface area (Å²) in [6.07, 6.45) is 6.55. The van der Waals surface area contributed by atoms with Gasteiger partial charge in [0.05, 0.1) is 12.2 Å². The first kappa shape index (κ1) is 17.9. The van der Waals surface area contributed by atoms with E-state index in [-0.39, 0.29) is 17.1 Å². The predicted octanol–water partition coefficient (Wildman–Crippen LogP) is 4.97. The van der Waals surface area contributed by atoms with Crippen molar-refractivity contribution in [3.05, 3.63) is 60.2 Å². The van der Waals surface area contributed by atoms with Gasteiger partial charge in [-0.25, -0.2) is 14.4 Å². The first-order chi connectivity index (χ1) is 12.6. The summed E-state index contributed by atoms with van der Waals surface area (Å²) in [5.74, 6) is -2.01. The molecule has 0 spiro atoms. The van der Waals surface area contributed by atoms with Crippen LogP contribution in [0, 0.1) is 18.6 Å². The van der Waals surface area contributed by atoms with Gasteiger partial charge in [-0.3, -0.25) is 4.98 Å². The third-order valence-electron chi connectivity index (χ3n) is 3.94. The maximum absolute atomic E-state index is 14.4. The monoisotopic (exact) mass is 355 g/mol. The van der Waals surface area contributed by atoms with Crippen molar-refractivity contribution in [3.8, 4) is 28.3 Å². The number of unbranched alkanes of at least 4 members (excludes halogenated alkanes) is 1. The number of rotatable bonds is 6. The molecule has 0 bridgehead atoms. The number of hydrogen-bond donors (Lipinski definition) is 0. The molecule has 0 aliphatic heterocycles. The second-order valence-corrected chi connectivity index (χ2v) is 5.92. The second kappa shape index (κ2) is 7.99. The first-order valence-electron chi connectivity index (χ1n) is 8.46. The molecule has 4 nitrogen and oxygen atoms in total. The predicted molar refractivity (Wildman–Crippen MR) is 95.8 cm³/mol. The number of aromatic nitrogens is 3. The molecule has 0 fully saturated rings. The summed E-state index contributed by atoms with van der Waals surface area (Å²) in [5, 5.41) is 0. The zero-order valence-electron chi connectivity index (χ0n) is 14.7. The van der Waals surface area contributed by atoms with Crippen LogP contribution in [0.5, 0.6) is 5.75 Å². The zero-order chi connectivity index (χ0) is 18.5. The lowest BCUT2D eigenvalue weighted by molar-refractivity contribution is 0.289. The van der Waals surface area contributed by atoms with Gasteiger partial charge in [0.1, 0.15) is 0 Å². The Morgan fingerprint density at radius 3 is 2.27 bits per heavy atom. The zero-order valence-corrected chi connectivity index (χ0v) is 14.7. The summed E-state index contributed by atoms with van der Waals surface area (Å²) in [4.78, 5) is 12.6. The molecular weight excluding hydrogens is 336 g/mol. The molecule has 6 heteroatoms. The van der Waals surface area contributed by atoms with Crippen molar-refractivity contribution in [1.82, 2.24) is 15.0 Å². The molecule has 0 amide bonds. The quantitative estimate of drug-likeness (QED) is 0.586. The van der Waals surface area contributed by atoms with Gasteiger partial charge in [-0.15, -0.1) is 0 Å². The Hall–Kier alpha value is -2.89. The number of ether oxygens (including phenoxy) is 1. The molecular formula is C20H19F2N3O. The first-order valence-corrected chi connectivity index (χ1v) is 8.46. The number of hydrogen-bond acceptors (Lipinski definition) is 4. The molecule has 2 aromatic heterocycles. The van der Waals surface area contributed by atoms with Crippen LogP contribution in [0.25, 0.3) is 22.5 Å². The molecule has 3 aromatic rings. The summed E-state index contributed by atoms with van der Waals surface area (Å²) in [6.45, 7) is 4.25. The Morgan fingerprint density at radius 1 is 0.885 bits per heavy atom. The van der Waals surface area contributed by atoms with Crippen molar-refractivity contribution in [2.75, 3.05) is 6.61 Å². The van der Waals surface area contributed by atoms with Crippen LogP contribution in [0.1, 0.15) is 25.5 Å². The lowest BCUT2D eigenvalue weighted by atomic mass is 10.1. The average molecular weight is 355 g/mol. The van der Waals surface area contributed by atoms with Crippen LogP contribution in [0.3, 0.4) is 0 Å². The number of pyridine rings is 1. The van der Waals surface area contributed by atoms with Gasteiger partial charge in [0.15, 0.2) is 17.4 Å². The Balaban J connectivity index is 1.85. The van der Waals surface area contributed by atoms with E-state index in [2.05, 4.69) is 15.0 Å². The second-order valence-electron chi connectivity index (χ2n) is 5.92. The van der Waals surface area contributed by atoms with E-state index in [1.807, 2.05) is 26.0 Å². The van der Waals surface area contributed by atoms with E-state index in [9.17, 15) is 8.78 Å². The molecule has 0 aliphatic carbocycles. The van der Waals surface area contributed by atoms with E-state index in [0.717, 1.165) is 29.7 Å². The van der Waals surface area contributed by atoms with Gasteiger partial charge in [-0.05, 0) is 31.5 Å². The third kappa shape index (κ3) is 3.85.